The predicted molar refractivity (Wildman–Crippen MR) is 69.1 cm³/mol. The molecule has 0 saturated carbocycles. The highest BCUT2D eigenvalue weighted by Crippen LogP contribution is 2.26. The Bertz CT molecular complexity index is 611. The van der Waals surface area contributed by atoms with Crippen LogP contribution in [0.3, 0.4) is 0 Å². The first-order chi connectivity index (χ1) is 9.57. The summed E-state index contributed by atoms with van der Waals surface area (Å²) < 4.78 is 64.8. The molecular weight excluding hydrogens is 330 g/mol. The van der Waals surface area contributed by atoms with Crippen LogP contribution in [0.2, 0.25) is 0 Å². The molecule has 0 bridgehead atoms. The molecule has 1 saturated heterocycles. The largest absolute Gasteiger partial charge is 0.353 e. The average molecular weight is 345 g/mol. The fraction of sp³-hybridized carbons (Fsp3) is 1.00. The molecule has 4 atom stereocenters. The molecule has 1 rings (SSSR count). The summed E-state index contributed by atoms with van der Waals surface area (Å²) in [5, 5.41) is 3.33. The van der Waals surface area contributed by atoms with Crippen molar-refractivity contribution in [3.05, 3.63) is 10.4 Å². The third kappa shape index (κ3) is 5.74. The van der Waals surface area contributed by atoms with Crippen molar-refractivity contribution >= 4 is 20.2 Å². The lowest BCUT2D eigenvalue weighted by Gasteiger charge is -2.38. The van der Waals surface area contributed by atoms with E-state index < -0.39 is 44.8 Å². The molecule has 0 amide bonds. The summed E-state index contributed by atoms with van der Waals surface area (Å²) in [6, 6.07) is -1.09. The molecule has 0 unspecified atom stereocenters. The van der Waals surface area contributed by atoms with E-state index in [0.29, 0.717) is 0 Å². The molecule has 0 aromatic heterocycles. The Morgan fingerprint density at radius 3 is 2.10 bits per heavy atom. The maximum atomic E-state index is 11.3. The quantitative estimate of drug-likeness (QED) is 0.266. The minimum atomic E-state index is -3.96. The number of nitrogens with zero attached hydrogens (tertiary/aromatic N) is 3. The van der Waals surface area contributed by atoms with E-state index in [2.05, 4.69) is 10.0 Å². The van der Waals surface area contributed by atoms with Crippen molar-refractivity contribution in [2.75, 3.05) is 26.2 Å². The number of methoxy groups -OCH3 is 1. The van der Waals surface area contributed by atoms with Crippen molar-refractivity contribution in [3.8, 4) is 0 Å². The Balaban J connectivity index is 3.19. The lowest BCUT2D eigenvalue weighted by molar-refractivity contribution is -0.223. The van der Waals surface area contributed by atoms with E-state index >= 15 is 0 Å². The van der Waals surface area contributed by atoms with E-state index in [1.165, 1.54) is 7.11 Å². The molecule has 1 fully saturated rings. The van der Waals surface area contributed by atoms with Crippen LogP contribution in [0.15, 0.2) is 5.11 Å². The van der Waals surface area contributed by atoms with E-state index in [1.54, 1.807) is 0 Å². The first-order valence-corrected chi connectivity index (χ1v) is 9.16. The van der Waals surface area contributed by atoms with Gasteiger partial charge in [-0.3, -0.25) is 8.37 Å². The van der Waals surface area contributed by atoms with Crippen LogP contribution in [-0.2, 0) is 38.1 Å². The number of hydrogen-bond acceptors (Lipinski definition) is 9. The molecule has 0 spiro atoms. The van der Waals surface area contributed by atoms with Crippen molar-refractivity contribution < 1.29 is 34.7 Å². The summed E-state index contributed by atoms with van der Waals surface area (Å²) in [6.07, 6.45) is -2.49. The maximum Gasteiger partial charge on any atom is 0.264 e. The second-order valence-electron chi connectivity index (χ2n) is 4.24. The zero-order valence-corrected chi connectivity index (χ0v) is 13.1. The average Bonchev–Trinajstić information content (AvgIpc) is 2.30. The lowest BCUT2D eigenvalue weighted by atomic mass is 10.0. The molecular formula is C8H15N3O8S2. The summed E-state index contributed by atoms with van der Waals surface area (Å²) in [5.41, 5.74) is 8.48. The number of ether oxygens (including phenoxy) is 2. The van der Waals surface area contributed by atoms with Crippen molar-refractivity contribution in [1.29, 1.82) is 0 Å². The third-order valence-electron chi connectivity index (χ3n) is 2.41. The Labute approximate surface area is 122 Å². The predicted octanol–water partition coefficient (Wildman–Crippen LogP) is -0.642. The fourth-order valence-electron chi connectivity index (χ4n) is 1.75. The van der Waals surface area contributed by atoms with E-state index in [4.69, 9.17) is 23.4 Å². The minimum absolute atomic E-state index is 0.216. The summed E-state index contributed by atoms with van der Waals surface area (Å²) in [7, 11) is -6.71. The van der Waals surface area contributed by atoms with E-state index in [0.717, 1.165) is 12.5 Å². The van der Waals surface area contributed by atoms with Crippen LogP contribution in [0.5, 0.6) is 0 Å². The smallest absolute Gasteiger partial charge is 0.264 e. The summed E-state index contributed by atoms with van der Waals surface area (Å²) in [4.78, 5) is 2.55. The SMILES string of the molecule is CO[C@@H]1OC[C@@H](N=[N+]=[N-])[C@@H](OS(C)(=O)=O)[C@H]1OS(C)(=O)=O. The highest BCUT2D eigenvalue weighted by Gasteiger charge is 2.45. The van der Waals surface area contributed by atoms with Gasteiger partial charge in [-0.25, -0.2) is 0 Å². The Morgan fingerprint density at radius 1 is 1.14 bits per heavy atom. The van der Waals surface area contributed by atoms with Gasteiger partial charge in [0, 0.05) is 12.0 Å². The van der Waals surface area contributed by atoms with Gasteiger partial charge >= 0.3 is 0 Å². The normalized spacial score (nSPS) is 30.6. The van der Waals surface area contributed by atoms with E-state index in [9.17, 15) is 16.8 Å². The van der Waals surface area contributed by atoms with Crippen LogP contribution in [0.4, 0.5) is 0 Å². The van der Waals surface area contributed by atoms with Crippen LogP contribution in [0.1, 0.15) is 0 Å². The zero-order valence-electron chi connectivity index (χ0n) is 11.4. The molecule has 0 N–H and O–H groups in total. The highest BCUT2D eigenvalue weighted by molar-refractivity contribution is 7.86. The number of azide groups is 1. The first-order valence-electron chi connectivity index (χ1n) is 5.52. The number of rotatable bonds is 6. The molecule has 1 aliphatic heterocycles. The van der Waals surface area contributed by atoms with Gasteiger partial charge < -0.3 is 9.47 Å². The monoisotopic (exact) mass is 345 g/mol. The lowest BCUT2D eigenvalue weighted by Crippen LogP contribution is -2.56. The molecule has 0 aromatic rings. The molecule has 13 heteroatoms. The zero-order chi connectivity index (χ0) is 16.3. The summed E-state index contributed by atoms with van der Waals surface area (Å²) >= 11 is 0. The second-order valence-corrected chi connectivity index (χ2v) is 7.44. The van der Waals surface area contributed by atoms with Gasteiger partial charge in [0.15, 0.2) is 12.4 Å². The van der Waals surface area contributed by atoms with Crippen LogP contribution in [0, 0.1) is 0 Å². The molecule has 122 valence electrons. The van der Waals surface area contributed by atoms with Crippen LogP contribution in [-0.4, -0.2) is 67.6 Å². The van der Waals surface area contributed by atoms with Crippen LogP contribution in [0.25, 0.3) is 10.4 Å². The minimum Gasteiger partial charge on any atom is -0.353 e. The van der Waals surface area contributed by atoms with Gasteiger partial charge in [0.25, 0.3) is 20.2 Å². The molecule has 0 aromatic carbocycles. The van der Waals surface area contributed by atoms with Crippen molar-refractivity contribution in [2.24, 2.45) is 5.11 Å². The highest BCUT2D eigenvalue weighted by atomic mass is 32.2. The van der Waals surface area contributed by atoms with Gasteiger partial charge in [0.1, 0.15) is 6.10 Å². The van der Waals surface area contributed by atoms with Crippen LogP contribution >= 0.6 is 0 Å². The molecule has 11 nitrogen and oxygen atoms in total. The van der Waals surface area contributed by atoms with Crippen molar-refractivity contribution in [1.82, 2.24) is 0 Å². The van der Waals surface area contributed by atoms with Gasteiger partial charge in [0.05, 0.1) is 25.2 Å². The summed E-state index contributed by atoms with van der Waals surface area (Å²) in [5.74, 6) is 0. The molecule has 0 radical (unpaired) electrons. The summed E-state index contributed by atoms with van der Waals surface area (Å²) in [6.45, 7) is -0.216. The van der Waals surface area contributed by atoms with Gasteiger partial charge in [-0.15, -0.1) is 0 Å². The Morgan fingerprint density at radius 2 is 1.67 bits per heavy atom. The second kappa shape index (κ2) is 6.87. The standard InChI is InChI=1S/C8H15N3O8S2/c1-16-8-7(19-21(3,14)15)6(18-20(2,12)13)5(4-17-8)10-11-9/h5-8H,4H2,1-3H3/t5-,6-,7-,8-/m1/s1. The Kier molecular flexibility index (Phi) is 5.92. The topological polar surface area (TPSA) is 154 Å². The van der Waals surface area contributed by atoms with Gasteiger partial charge in [-0.1, -0.05) is 5.11 Å². The first kappa shape index (κ1) is 18.1. The van der Waals surface area contributed by atoms with Crippen molar-refractivity contribution in [3.63, 3.8) is 0 Å². The van der Waals surface area contributed by atoms with Gasteiger partial charge in [-0.2, -0.15) is 16.8 Å². The number of hydrogen-bond donors (Lipinski definition) is 0. The van der Waals surface area contributed by atoms with E-state index in [1.807, 2.05) is 0 Å². The molecule has 1 aliphatic rings. The molecule has 21 heavy (non-hydrogen) atoms. The fourth-order valence-corrected chi connectivity index (χ4v) is 2.99. The third-order valence-corrected chi connectivity index (χ3v) is 3.55. The maximum absolute atomic E-state index is 11.3. The molecule has 0 aliphatic carbocycles. The van der Waals surface area contributed by atoms with Crippen molar-refractivity contribution in [2.45, 2.75) is 24.5 Å². The van der Waals surface area contributed by atoms with E-state index in [-0.39, 0.29) is 6.61 Å². The van der Waals surface area contributed by atoms with Gasteiger partial charge in [-0.05, 0) is 5.53 Å². The van der Waals surface area contributed by atoms with Gasteiger partial charge in [0.2, 0.25) is 0 Å². The van der Waals surface area contributed by atoms with Crippen LogP contribution < -0.4 is 0 Å². The Hall–Kier alpha value is -0.950. The molecule has 1 heterocycles.